The molecule has 0 amide bonds. The number of ether oxygens (including phenoxy) is 1. The smallest absolute Gasteiger partial charge is 0.202 e. The molecule has 98 valence electrons. The third-order valence-electron chi connectivity index (χ3n) is 2.62. The van der Waals surface area contributed by atoms with Crippen LogP contribution in [0.2, 0.25) is 0 Å². The Morgan fingerprint density at radius 3 is 2.16 bits per heavy atom. The third kappa shape index (κ3) is 2.31. The Balaban J connectivity index is 2.57. The first kappa shape index (κ1) is 13.1. The van der Waals surface area contributed by atoms with Gasteiger partial charge in [-0.3, -0.25) is 4.79 Å². The van der Waals surface area contributed by atoms with E-state index in [-0.39, 0.29) is 5.75 Å². The standard InChI is InChI=1S/C14H9F3O2/c1-19-11-7-2-4-8(13(11)17)14(18)12-9(15)5-3-6-10(12)16/h2-7H,1H3. The van der Waals surface area contributed by atoms with Crippen molar-refractivity contribution in [2.45, 2.75) is 0 Å². The number of halogens is 3. The van der Waals surface area contributed by atoms with Crippen LogP contribution in [0.1, 0.15) is 15.9 Å². The van der Waals surface area contributed by atoms with Gasteiger partial charge in [0.15, 0.2) is 11.6 Å². The molecule has 0 atom stereocenters. The van der Waals surface area contributed by atoms with E-state index in [0.29, 0.717) is 0 Å². The summed E-state index contributed by atoms with van der Waals surface area (Å²) in [7, 11) is 1.23. The van der Waals surface area contributed by atoms with Gasteiger partial charge in [-0.2, -0.15) is 0 Å². The van der Waals surface area contributed by atoms with Gasteiger partial charge < -0.3 is 4.74 Å². The van der Waals surface area contributed by atoms with Crippen LogP contribution in [0.5, 0.6) is 5.75 Å². The SMILES string of the molecule is COc1cccc(C(=O)c2c(F)cccc2F)c1F. The van der Waals surface area contributed by atoms with E-state index in [1.54, 1.807) is 0 Å². The predicted molar refractivity (Wildman–Crippen MR) is 62.7 cm³/mol. The monoisotopic (exact) mass is 266 g/mol. The van der Waals surface area contributed by atoms with Gasteiger partial charge in [0.1, 0.15) is 11.6 Å². The van der Waals surface area contributed by atoms with Crippen LogP contribution in [-0.4, -0.2) is 12.9 Å². The van der Waals surface area contributed by atoms with Gasteiger partial charge in [-0.05, 0) is 24.3 Å². The Morgan fingerprint density at radius 2 is 1.58 bits per heavy atom. The molecular weight excluding hydrogens is 257 g/mol. The summed E-state index contributed by atoms with van der Waals surface area (Å²) < 4.78 is 45.6. The molecule has 0 aliphatic carbocycles. The van der Waals surface area contributed by atoms with Crippen LogP contribution in [-0.2, 0) is 0 Å². The van der Waals surface area contributed by atoms with Crippen molar-refractivity contribution in [3.63, 3.8) is 0 Å². The maximum absolute atomic E-state index is 13.9. The van der Waals surface area contributed by atoms with Gasteiger partial charge in [0.05, 0.1) is 18.2 Å². The molecule has 2 nitrogen and oxygen atoms in total. The molecule has 0 saturated carbocycles. The molecule has 0 spiro atoms. The molecule has 0 bridgehead atoms. The second kappa shape index (κ2) is 5.14. The predicted octanol–water partition coefficient (Wildman–Crippen LogP) is 3.34. The Hall–Kier alpha value is -2.30. The summed E-state index contributed by atoms with van der Waals surface area (Å²) in [5.74, 6) is -4.24. The summed E-state index contributed by atoms with van der Waals surface area (Å²) in [4.78, 5) is 12.0. The molecule has 0 aromatic heterocycles. The minimum atomic E-state index is -1.06. The molecular formula is C14H9F3O2. The van der Waals surface area contributed by atoms with Crippen LogP contribution < -0.4 is 4.74 Å². The molecule has 0 radical (unpaired) electrons. The molecule has 0 heterocycles. The van der Waals surface area contributed by atoms with Crippen LogP contribution in [0.15, 0.2) is 36.4 Å². The largest absolute Gasteiger partial charge is 0.494 e. The van der Waals surface area contributed by atoms with Crippen molar-refractivity contribution in [1.29, 1.82) is 0 Å². The lowest BCUT2D eigenvalue weighted by Crippen LogP contribution is -2.10. The van der Waals surface area contributed by atoms with Crippen molar-refractivity contribution in [1.82, 2.24) is 0 Å². The molecule has 2 aromatic carbocycles. The van der Waals surface area contributed by atoms with E-state index in [2.05, 4.69) is 0 Å². The van der Waals surface area contributed by atoms with E-state index >= 15 is 0 Å². The maximum Gasteiger partial charge on any atom is 0.202 e. The second-order valence-corrected chi connectivity index (χ2v) is 3.75. The molecule has 0 fully saturated rings. The Kier molecular flexibility index (Phi) is 3.55. The minimum Gasteiger partial charge on any atom is -0.494 e. The van der Waals surface area contributed by atoms with Crippen LogP contribution in [0.3, 0.4) is 0 Å². The van der Waals surface area contributed by atoms with Gasteiger partial charge in [-0.1, -0.05) is 12.1 Å². The number of ketones is 1. The first-order valence-electron chi connectivity index (χ1n) is 5.37. The topological polar surface area (TPSA) is 26.3 Å². The van der Waals surface area contributed by atoms with E-state index in [1.165, 1.54) is 19.2 Å². The number of hydrogen-bond acceptors (Lipinski definition) is 2. The highest BCUT2D eigenvalue weighted by Gasteiger charge is 2.23. The van der Waals surface area contributed by atoms with Gasteiger partial charge in [-0.25, -0.2) is 13.2 Å². The molecule has 5 heteroatoms. The molecule has 0 saturated heterocycles. The number of methoxy groups -OCH3 is 1. The lowest BCUT2D eigenvalue weighted by molar-refractivity contribution is 0.102. The van der Waals surface area contributed by atoms with Crippen LogP contribution in [0.4, 0.5) is 13.2 Å². The summed E-state index contributed by atoms with van der Waals surface area (Å²) in [5, 5.41) is 0. The molecule has 19 heavy (non-hydrogen) atoms. The Morgan fingerprint density at radius 1 is 1.00 bits per heavy atom. The van der Waals surface area contributed by atoms with Crippen molar-refractivity contribution >= 4 is 5.78 Å². The zero-order valence-electron chi connectivity index (χ0n) is 9.91. The number of hydrogen-bond donors (Lipinski definition) is 0. The first-order valence-corrected chi connectivity index (χ1v) is 5.37. The molecule has 0 N–H and O–H groups in total. The van der Waals surface area contributed by atoms with Gasteiger partial charge in [0.25, 0.3) is 0 Å². The molecule has 2 aromatic rings. The number of carbonyl (C=O) groups excluding carboxylic acids is 1. The maximum atomic E-state index is 13.9. The van der Waals surface area contributed by atoms with E-state index in [1.807, 2.05) is 0 Å². The highest BCUT2D eigenvalue weighted by molar-refractivity contribution is 6.09. The molecule has 2 rings (SSSR count). The highest BCUT2D eigenvalue weighted by Crippen LogP contribution is 2.24. The Bertz CT molecular complexity index is 618. The van der Waals surface area contributed by atoms with Crippen molar-refractivity contribution < 1.29 is 22.7 Å². The quantitative estimate of drug-likeness (QED) is 0.796. The van der Waals surface area contributed by atoms with E-state index < -0.39 is 34.4 Å². The fraction of sp³-hybridized carbons (Fsp3) is 0.0714. The third-order valence-corrected chi connectivity index (χ3v) is 2.62. The molecule has 0 unspecified atom stereocenters. The normalized spacial score (nSPS) is 10.3. The average molecular weight is 266 g/mol. The van der Waals surface area contributed by atoms with Gasteiger partial charge >= 0.3 is 0 Å². The minimum absolute atomic E-state index is 0.164. The Labute approximate surface area is 107 Å². The number of benzene rings is 2. The highest BCUT2D eigenvalue weighted by atomic mass is 19.1. The van der Waals surface area contributed by atoms with Crippen molar-refractivity contribution in [2.75, 3.05) is 7.11 Å². The van der Waals surface area contributed by atoms with Crippen molar-refractivity contribution in [3.05, 3.63) is 65.0 Å². The summed E-state index contributed by atoms with van der Waals surface area (Å²) in [6.07, 6.45) is 0. The fourth-order valence-corrected chi connectivity index (χ4v) is 1.69. The van der Waals surface area contributed by atoms with E-state index in [4.69, 9.17) is 4.74 Å². The molecule has 0 aliphatic heterocycles. The van der Waals surface area contributed by atoms with Crippen molar-refractivity contribution in [2.24, 2.45) is 0 Å². The van der Waals surface area contributed by atoms with Gasteiger partial charge in [-0.15, -0.1) is 0 Å². The zero-order valence-corrected chi connectivity index (χ0v) is 9.91. The average Bonchev–Trinajstić information content (AvgIpc) is 2.38. The number of carbonyl (C=O) groups is 1. The van der Waals surface area contributed by atoms with Crippen LogP contribution in [0, 0.1) is 17.5 Å². The molecule has 0 aliphatic rings. The second-order valence-electron chi connectivity index (χ2n) is 3.75. The van der Waals surface area contributed by atoms with Crippen LogP contribution >= 0.6 is 0 Å². The summed E-state index contributed by atoms with van der Waals surface area (Å²) >= 11 is 0. The van der Waals surface area contributed by atoms with Crippen LogP contribution in [0.25, 0.3) is 0 Å². The van der Waals surface area contributed by atoms with Gasteiger partial charge in [0.2, 0.25) is 5.78 Å². The number of rotatable bonds is 3. The summed E-state index contributed by atoms with van der Waals surface area (Å²) in [6, 6.07) is 6.83. The van der Waals surface area contributed by atoms with E-state index in [9.17, 15) is 18.0 Å². The summed E-state index contributed by atoms with van der Waals surface area (Å²) in [5.41, 5.74) is -1.22. The fourth-order valence-electron chi connectivity index (χ4n) is 1.69. The zero-order chi connectivity index (χ0) is 14.0. The first-order chi connectivity index (χ1) is 9.06. The van der Waals surface area contributed by atoms with Gasteiger partial charge in [0, 0.05) is 0 Å². The van der Waals surface area contributed by atoms with E-state index in [0.717, 1.165) is 24.3 Å². The lowest BCUT2D eigenvalue weighted by Gasteiger charge is -2.08. The van der Waals surface area contributed by atoms with Crippen molar-refractivity contribution in [3.8, 4) is 5.75 Å². The summed E-state index contributed by atoms with van der Waals surface area (Å²) in [6.45, 7) is 0. The lowest BCUT2D eigenvalue weighted by atomic mass is 10.0.